The van der Waals surface area contributed by atoms with Crippen molar-refractivity contribution in [1.82, 2.24) is 16.0 Å². The summed E-state index contributed by atoms with van der Waals surface area (Å²) in [6.07, 6.45) is 1.73. The highest BCUT2D eigenvalue weighted by Crippen LogP contribution is 2.09. The Morgan fingerprint density at radius 2 is 1.38 bits per heavy atom. The predicted octanol–water partition coefficient (Wildman–Crippen LogP) is -3.04. The molecule has 0 radical (unpaired) electrons. The summed E-state index contributed by atoms with van der Waals surface area (Å²) < 4.78 is 0. The zero-order chi connectivity index (χ0) is 28.5. The zero-order valence-electron chi connectivity index (χ0n) is 21.6. The van der Waals surface area contributed by atoms with Gasteiger partial charge in [-0.25, -0.2) is 4.79 Å². The van der Waals surface area contributed by atoms with Gasteiger partial charge >= 0.3 is 5.97 Å². The van der Waals surface area contributed by atoms with E-state index in [4.69, 9.17) is 28.7 Å². The molecule has 15 heteroatoms. The molecule has 0 fully saturated rings. The number of nitrogens with two attached hydrogens (primary N) is 5. The number of carbonyl (C=O) groups is 5. The van der Waals surface area contributed by atoms with E-state index < -0.39 is 60.2 Å². The number of carbonyl (C=O) groups excluding carboxylic acids is 4. The highest BCUT2D eigenvalue weighted by Gasteiger charge is 2.31. The van der Waals surface area contributed by atoms with E-state index in [0.717, 1.165) is 0 Å². The minimum atomic E-state index is -1.56. The molecule has 0 aromatic carbocycles. The van der Waals surface area contributed by atoms with Gasteiger partial charge in [0, 0.05) is 6.54 Å². The van der Waals surface area contributed by atoms with E-state index in [-0.39, 0.29) is 31.3 Å². The monoisotopic (exact) mass is 529 g/mol. The van der Waals surface area contributed by atoms with Crippen LogP contribution in [-0.4, -0.2) is 77.9 Å². The molecule has 0 aliphatic carbocycles. The second-order valence-electron chi connectivity index (χ2n) is 9.16. The van der Waals surface area contributed by atoms with Gasteiger partial charge in [-0.1, -0.05) is 20.3 Å². The Morgan fingerprint density at radius 1 is 0.811 bits per heavy atom. The molecule has 0 aliphatic heterocycles. The predicted molar refractivity (Wildman–Crippen MR) is 137 cm³/mol. The number of primary amides is 1. The lowest BCUT2D eigenvalue weighted by Crippen LogP contribution is -2.57. The Kier molecular flexibility index (Phi) is 16.2. The van der Waals surface area contributed by atoms with Crippen LogP contribution in [0.5, 0.6) is 0 Å². The van der Waals surface area contributed by atoms with Crippen molar-refractivity contribution >= 4 is 35.6 Å². The minimum Gasteiger partial charge on any atom is -0.480 e. The molecule has 0 saturated heterocycles. The number of rotatable bonds is 19. The summed E-state index contributed by atoms with van der Waals surface area (Å²) in [5.41, 5.74) is 27.1. The second kappa shape index (κ2) is 17.9. The van der Waals surface area contributed by atoms with Gasteiger partial charge in [0.05, 0.1) is 12.5 Å². The average molecular weight is 530 g/mol. The number of guanidine groups is 1. The van der Waals surface area contributed by atoms with Crippen LogP contribution in [0.2, 0.25) is 0 Å². The molecule has 212 valence electrons. The lowest BCUT2D eigenvalue weighted by Gasteiger charge is -2.26. The van der Waals surface area contributed by atoms with Crippen LogP contribution >= 0.6 is 0 Å². The third-order valence-corrected chi connectivity index (χ3v) is 5.24. The van der Waals surface area contributed by atoms with Gasteiger partial charge in [0.2, 0.25) is 23.6 Å². The number of carboxylic acids is 1. The van der Waals surface area contributed by atoms with Crippen LogP contribution < -0.4 is 44.6 Å². The molecule has 0 bridgehead atoms. The van der Waals surface area contributed by atoms with Crippen LogP contribution in [0, 0.1) is 5.92 Å². The van der Waals surface area contributed by atoms with Crippen molar-refractivity contribution < 1.29 is 29.1 Å². The molecular weight excluding hydrogens is 486 g/mol. The Bertz CT molecular complexity index is 802. The first-order valence-electron chi connectivity index (χ1n) is 12.2. The maximum Gasteiger partial charge on any atom is 0.326 e. The van der Waals surface area contributed by atoms with Crippen molar-refractivity contribution in [3.8, 4) is 0 Å². The summed E-state index contributed by atoms with van der Waals surface area (Å²) in [5, 5.41) is 16.7. The standard InChI is InChI=1S/C22H43N9O6/c1-12(2)10-15(20(35)31-16(21(36)37)11-17(25)32)30-19(34)14(7-5-9-28-22(26)27)29-18(33)13(24)6-3-4-8-23/h12-16H,3-11,23-24H2,1-2H3,(H2,25,32)(H,29,33)(H,30,34)(H,31,35)(H,36,37)(H4,26,27,28). The molecular formula is C22H43N9O6. The normalized spacial score (nSPS) is 14.1. The first kappa shape index (κ1) is 33.5. The molecule has 0 heterocycles. The van der Waals surface area contributed by atoms with E-state index in [0.29, 0.717) is 32.2 Å². The Hall–Kier alpha value is -3.46. The smallest absolute Gasteiger partial charge is 0.326 e. The van der Waals surface area contributed by atoms with Crippen molar-refractivity contribution in [3.05, 3.63) is 0 Å². The van der Waals surface area contributed by atoms with Crippen molar-refractivity contribution in [1.29, 1.82) is 0 Å². The molecule has 4 unspecified atom stereocenters. The molecule has 0 rings (SSSR count). The summed E-state index contributed by atoms with van der Waals surface area (Å²) in [6, 6.07) is -4.62. The van der Waals surface area contributed by atoms with E-state index in [1.807, 2.05) is 0 Å². The molecule has 0 aliphatic rings. The Labute approximate surface area is 216 Å². The number of unbranched alkanes of at least 4 members (excludes halogenated alkanes) is 1. The van der Waals surface area contributed by atoms with Crippen molar-refractivity contribution in [2.75, 3.05) is 13.1 Å². The maximum atomic E-state index is 13.1. The maximum absolute atomic E-state index is 13.1. The Balaban J connectivity index is 5.58. The fourth-order valence-corrected chi connectivity index (χ4v) is 3.34. The number of hydrogen-bond acceptors (Lipinski definition) is 8. The molecule has 0 aromatic heterocycles. The van der Waals surface area contributed by atoms with Crippen molar-refractivity contribution in [2.24, 2.45) is 39.6 Å². The second-order valence-corrected chi connectivity index (χ2v) is 9.16. The first-order chi connectivity index (χ1) is 17.3. The van der Waals surface area contributed by atoms with E-state index in [1.165, 1.54) is 0 Å². The number of nitrogens with one attached hydrogen (secondary N) is 3. The van der Waals surface area contributed by atoms with Crippen LogP contribution in [0.3, 0.4) is 0 Å². The topological polar surface area (TPSA) is 284 Å². The molecule has 15 nitrogen and oxygen atoms in total. The first-order valence-corrected chi connectivity index (χ1v) is 12.2. The summed E-state index contributed by atoms with van der Waals surface area (Å²) in [7, 11) is 0. The van der Waals surface area contributed by atoms with E-state index in [9.17, 15) is 29.1 Å². The highest BCUT2D eigenvalue weighted by molar-refractivity contribution is 5.94. The number of hydrogen-bond donors (Lipinski definition) is 9. The summed E-state index contributed by atoms with van der Waals surface area (Å²) in [4.78, 5) is 65.0. The fourth-order valence-electron chi connectivity index (χ4n) is 3.34. The van der Waals surface area contributed by atoms with Crippen LogP contribution in [0.25, 0.3) is 0 Å². The lowest BCUT2D eigenvalue weighted by atomic mass is 10.0. The SMILES string of the molecule is CC(C)CC(NC(=O)C(CCCN=C(N)N)NC(=O)C(N)CCCCN)C(=O)NC(CC(N)=O)C(=O)O. The van der Waals surface area contributed by atoms with E-state index in [2.05, 4.69) is 20.9 Å². The third kappa shape index (κ3) is 15.3. The van der Waals surface area contributed by atoms with Gasteiger partial charge in [-0.05, 0) is 44.6 Å². The molecule has 4 amide bonds. The number of amides is 4. The fraction of sp³-hybridized carbons (Fsp3) is 0.727. The molecule has 0 saturated carbocycles. The number of aliphatic carboxylic acids is 1. The molecule has 37 heavy (non-hydrogen) atoms. The lowest BCUT2D eigenvalue weighted by molar-refractivity contribution is -0.144. The highest BCUT2D eigenvalue weighted by atomic mass is 16.4. The number of aliphatic imine (C=N–C) groups is 1. The zero-order valence-corrected chi connectivity index (χ0v) is 21.6. The largest absolute Gasteiger partial charge is 0.480 e. The van der Waals surface area contributed by atoms with Gasteiger partial charge < -0.3 is 49.7 Å². The van der Waals surface area contributed by atoms with Crippen LogP contribution in [0.4, 0.5) is 0 Å². The van der Waals surface area contributed by atoms with Crippen molar-refractivity contribution in [2.45, 2.75) is 83.0 Å². The molecule has 0 aromatic rings. The van der Waals surface area contributed by atoms with Crippen LogP contribution in [0.15, 0.2) is 4.99 Å². The number of nitrogens with zero attached hydrogens (tertiary/aromatic N) is 1. The Morgan fingerprint density at radius 3 is 1.89 bits per heavy atom. The third-order valence-electron chi connectivity index (χ3n) is 5.24. The summed E-state index contributed by atoms with van der Waals surface area (Å²) >= 11 is 0. The van der Waals surface area contributed by atoms with Gasteiger partial charge in [0.25, 0.3) is 0 Å². The molecule has 14 N–H and O–H groups in total. The van der Waals surface area contributed by atoms with Crippen LogP contribution in [0.1, 0.15) is 58.8 Å². The average Bonchev–Trinajstić information content (AvgIpc) is 2.79. The van der Waals surface area contributed by atoms with Gasteiger partial charge in [0.1, 0.15) is 18.1 Å². The minimum absolute atomic E-state index is 0.0682. The summed E-state index contributed by atoms with van der Waals surface area (Å²) in [5.74, 6) is -4.57. The summed E-state index contributed by atoms with van der Waals surface area (Å²) in [6.45, 7) is 4.28. The van der Waals surface area contributed by atoms with Gasteiger partial charge in [-0.2, -0.15) is 0 Å². The molecule has 4 atom stereocenters. The number of carboxylic acid groups (broad SMARTS) is 1. The van der Waals surface area contributed by atoms with Gasteiger partial charge in [-0.15, -0.1) is 0 Å². The van der Waals surface area contributed by atoms with E-state index >= 15 is 0 Å². The molecule has 0 spiro atoms. The van der Waals surface area contributed by atoms with Gasteiger partial charge in [0.15, 0.2) is 5.96 Å². The van der Waals surface area contributed by atoms with E-state index in [1.54, 1.807) is 13.8 Å². The van der Waals surface area contributed by atoms with Crippen LogP contribution in [-0.2, 0) is 24.0 Å². The van der Waals surface area contributed by atoms with Gasteiger partial charge in [-0.3, -0.25) is 24.2 Å². The van der Waals surface area contributed by atoms with Crippen molar-refractivity contribution in [3.63, 3.8) is 0 Å². The quantitative estimate of drug-likeness (QED) is 0.0463.